The van der Waals surface area contributed by atoms with E-state index in [1.807, 2.05) is 18.7 Å². The number of sulfone groups is 1. The van der Waals surface area contributed by atoms with Crippen molar-refractivity contribution in [3.63, 3.8) is 0 Å². The average Bonchev–Trinajstić information content (AvgIpc) is 3.14. The molecule has 1 saturated heterocycles. The fourth-order valence-corrected chi connectivity index (χ4v) is 6.25. The second kappa shape index (κ2) is 9.89. The molecule has 1 fully saturated rings. The summed E-state index contributed by atoms with van der Waals surface area (Å²) >= 11 is 0. The number of nitrogens with one attached hydrogen (secondary N) is 1. The molecule has 1 aromatic carbocycles. The number of ether oxygens (including phenoxy) is 2. The summed E-state index contributed by atoms with van der Waals surface area (Å²) in [5.41, 5.74) is 5.82. The van der Waals surface area contributed by atoms with Gasteiger partial charge in [-0.3, -0.25) is 4.79 Å². The third-order valence-electron chi connectivity index (χ3n) is 6.43. The Kier molecular flexibility index (Phi) is 7.00. The van der Waals surface area contributed by atoms with Gasteiger partial charge in [-0.15, -0.1) is 0 Å². The molecule has 11 heteroatoms. The van der Waals surface area contributed by atoms with Crippen LogP contribution in [0.4, 0.5) is 17.3 Å². The van der Waals surface area contributed by atoms with Crippen LogP contribution in [-0.4, -0.2) is 50.6 Å². The molecule has 10 nitrogen and oxygen atoms in total. The number of hydrogen-bond acceptors (Lipinski definition) is 9. The number of anilines is 3. The molecule has 3 N–H and O–H groups in total. The Hall–Kier alpha value is -3.86. The van der Waals surface area contributed by atoms with E-state index in [1.165, 1.54) is 25.4 Å². The number of methoxy groups -OCH3 is 2. The molecule has 37 heavy (non-hydrogen) atoms. The summed E-state index contributed by atoms with van der Waals surface area (Å²) in [6.07, 6.45) is 2.25. The summed E-state index contributed by atoms with van der Waals surface area (Å²) < 4.78 is 38.2. The van der Waals surface area contributed by atoms with Crippen LogP contribution in [0.25, 0.3) is 0 Å². The number of rotatable bonds is 8. The first-order valence-corrected chi connectivity index (χ1v) is 13.2. The van der Waals surface area contributed by atoms with Gasteiger partial charge < -0.3 is 25.4 Å². The van der Waals surface area contributed by atoms with Crippen LogP contribution in [0.5, 0.6) is 11.5 Å². The smallest absolute Gasteiger partial charge is 0.253 e. The van der Waals surface area contributed by atoms with Gasteiger partial charge in [0.15, 0.2) is 5.03 Å². The van der Waals surface area contributed by atoms with Gasteiger partial charge >= 0.3 is 0 Å². The molecular formula is C26H31N5O5S. The lowest BCUT2D eigenvalue weighted by Gasteiger charge is -2.33. The van der Waals surface area contributed by atoms with E-state index >= 15 is 0 Å². The molecule has 1 aliphatic heterocycles. The van der Waals surface area contributed by atoms with Crippen molar-refractivity contribution in [1.29, 1.82) is 0 Å². The molecule has 0 saturated carbocycles. The summed E-state index contributed by atoms with van der Waals surface area (Å²) in [7, 11) is -1.17. The number of carbonyl (C=O) groups is 1. The van der Waals surface area contributed by atoms with Crippen molar-refractivity contribution >= 4 is 33.1 Å². The molecule has 1 atom stereocenters. The highest BCUT2D eigenvalue weighted by molar-refractivity contribution is 7.91. The van der Waals surface area contributed by atoms with Crippen molar-refractivity contribution in [2.24, 2.45) is 11.7 Å². The van der Waals surface area contributed by atoms with E-state index in [2.05, 4.69) is 22.2 Å². The van der Waals surface area contributed by atoms with Crippen LogP contribution in [0.2, 0.25) is 0 Å². The first kappa shape index (κ1) is 26.2. The number of aromatic nitrogens is 2. The van der Waals surface area contributed by atoms with Crippen LogP contribution in [0.3, 0.4) is 0 Å². The molecule has 3 aromatic rings. The number of nitrogens with two attached hydrogens (primary N) is 1. The zero-order valence-electron chi connectivity index (χ0n) is 21.5. The highest BCUT2D eigenvalue weighted by atomic mass is 32.2. The lowest BCUT2D eigenvalue weighted by molar-refractivity contribution is 0.0997. The van der Waals surface area contributed by atoms with E-state index in [0.29, 0.717) is 29.6 Å². The Morgan fingerprint density at radius 3 is 2.54 bits per heavy atom. The third kappa shape index (κ3) is 5.04. The van der Waals surface area contributed by atoms with Crippen molar-refractivity contribution < 1.29 is 22.7 Å². The average molecular weight is 526 g/mol. The molecule has 1 unspecified atom stereocenters. The van der Waals surface area contributed by atoms with Crippen LogP contribution >= 0.6 is 0 Å². The largest absolute Gasteiger partial charge is 0.497 e. The van der Waals surface area contributed by atoms with E-state index in [4.69, 9.17) is 15.2 Å². The summed E-state index contributed by atoms with van der Waals surface area (Å²) in [6.45, 7) is 6.80. The fourth-order valence-electron chi connectivity index (χ4n) is 4.85. The SMILES string of the molecule is COc1ccc(OC)c(Nc2cccc(S(=O)(=O)c3ccnc(N4CC(C)CC4(C)C)c3C(N)=O)n2)c1. The molecule has 196 valence electrons. The van der Waals surface area contributed by atoms with Crippen molar-refractivity contribution in [1.82, 2.24) is 9.97 Å². The number of benzene rings is 1. The zero-order chi connectivity index (χ0) is 27.0. The molecule has 0 aliphatic carbocycles. The van der Waals surface area contributed by atoms with Gasteiger partial charge in [-0.1, -0.05) is 13.0 Å². The van der Waals surface area contributed by atoms with Crippen molar-refractivity contribution in [2.45, 2.75) is 42.7 Å². The molecule has 1 aliphatic rings. The van der Waals surface area contributed by atoms with Crippen LogP contribution in [0.1, 0.15) is 37.6 Å². The van der Waals surface area contributed by atoms with Gasteiger partial charge in [-0.25, -0.2) is 18.4 Å². The highest BCUT2D eigenvalue weighted by Crippen LogP contribution is 2.39. The van der Waals surface area contributed by atoms with Crippen molar-refractivity contribution in [2.75, 3.05) is 31.0 Å². The van der Waals surface area contributed by atoms with Crippen LogP contribution in [0.15, 0.2) is 58.6 Å². The second-order valence-corrected chi connectivity index (χ2v) is 11.5. The van der Waals surface area contributed by atoms with Crippen molar-refractivity contribution in [3.8, 4) is 11.5 Å². The van der Waals surface area contributed by atoms with Crippen LogP contribution < -0.4 is 25.4 Å². The predicted octanol–water partition coefficient (Wildman–Crippen LogP) is 3.79. The predicted molar refractivity (Wildman–Crippen MR) is 140 cm³/mol. The number of nitrogens with zero attached hydrogens (tertiary/aromatic N) is 3. The third-order valence-corrected chi connectivity index (χ3v) is 8.12. The molecule has 3 heterocycles. The summed E-state index contributed by atoms with van der Waals surface area (Å²) in [5.74, 6) is 1.10. The van der Waals surface area contributed by atoms with Gasteiger partial charge in [0, 0.05) is 24.3 Å². The summed E-state index contributed by atoms with van der Waals surface area (Å²) in [4.78, 5) is 23.1. The van der Waals surface area contributed by atoms with E-state index in [0.717, 1.165) is 6.42 Å². The zero-order valence-corrected chi connectivity index (χ0v) is 22.3. The van der Waals surface area contributed by atoms with Gasteiger partial charge in [0.25, 0.3) is 5.91 Å². The lowest BCUT2D eigenvalue weighted by atomic mass is 9.97. The van der Waals surface area contributed by atoms with E-state index in [9.17, 15) is 13.2 Å². The van der Waals surface area contributed by atoms with E-state index < -0.39 is 15.7 Å². The fraction of sp³-hybridized carbons (Fsp3) is 0.346. The Bertz CT molecular complexity index is 1440. The van der Waals surface area contributed by atoms with E-state index in [1.54, 1.807) is 37.4 Å². The van der Waals surface area contributed by atoms with Crippen molar-refractivity contribution in [3.05, 3.63) is 54.2 Å². The Morgan fingerprint density at radius 2 is 1.92 bits per heavy atom. The second-order valence-electron chi connectivity index (χ2n) is 9.66. The maximum Gasteiger partial charge on any atom is 0.253 e. The normalized spacial score (nSPS) is 16.9. The molecule has 4 rings (SSSR count). The highest BCUT2D eigenvalue weighted by Gasteiger charge is 2.40. The maximum absolute atomic E-state index is 13.8. The van der Waals surface area contributed by atoms with Gasteiger partial charge in [0.2, 0.25) is 9.84 Å². The minimum Gasteiger partial charge on any atom is -0.497 e. The van der Waals surface area contributed by atoms with E-state index in [-0.39, 0.29) is 32.7 Å². The van der Waals surface area contributed by atoms with Gasteiger partial charge in [0.05, 0.1) is 24.8 Å². The molecule has 2 aromatic heterocycles. The molecular weight excluding hydrogens is 494 g/mol. The number of hydrogen-bond donors (Lipinski definition) is 2. The van der Waals surface area contributed by atoms with Gasteiger partial charge in [0.1, 0.15) is 28.7 Å². The van der Waals surface area contributed by atoms with Crippen LogP contribution in [0, 0.1) is 5.92 Å². The summed E-state index contributed by atoms with van der Waals surface area (Å²) in [6, 6.07) is 11.0. The Labute approximate surface area is 216 Å². The molecule has 0 bridgehead atoms. The maximum atomic E-state index is 13.8. The lowest BCUT2D eigenvalue weighted by Crippen LogP contribution is -2.40. The minimum atomic E-state index is -4.24. The first-order valence-electron chi connectivity index (χ1n) is 11.8. The number of amides is 1. The monoisotopic (exact) mass is 525 g/mol. The number of pyridine rings is 2. The minimum absolute atomic E-state index is 0.140. The number of carbonyl (C=O) groups excluding carboxylic acids is 1. The quantitative estimate of drug-likeness (QED) is 0.450. The van der Waals surface area contributed by atoms with Gasteiger partial charge in [-0.2, -0.15) is 0 Å². The topological polar surface area (TPSA) is 137 Å². The first-order chi connectivity index (χ1) is 17.5. The van der Waals surface area contributed by atoms with Crippen LogP contribution in [-0.2, 0) is 9.84 Å². The molecule has 0 spiro atoms. The summed E-state index contributed by atoms with van der Waals surface area (Å²) in [5, 5.41) is 2.84. The van der Waals surface area contributed by atoms with Gasteiger partial charge in [-0.05, 0) is 56.5 Å². The Balaban J connectivity index is 1.77. The molecule has 0 radical (unpaired) electrons. The standard InChI is InChI=1S/C26H31N5O5S/c1-16-14-26(2,3)31(15-16)25-23(24(27)32)20(11-12-28-25)37(33,34)22-8-6-7-21(30-22)29-18-13-17(35-4)9-10-19(18)36-5/h6-13,16H,14-15H2,1-5H3,(H2,27,32)(H,29,30). The molecule has 1 amide bonds. The number of primary amides is 1. The Morgan fingerprint density at radius 1 is 1.16 bits per heavy atom.